The zero-order valence-electron chi connectivity index (χ0n) is 9.57. The molecule has 1 atom stereocenters. The fourth-order valence-electron chi connectivity index (χ4n) is 1.92. The third kappa shape index (κ3) is 2.15. The van der Waals surface area contributed by atoms with E-state index >= 15 is 0 Å². The predicted octanol–water partition coefficient (Wildman–Crippen LogP) is 3.50. The minimum atomic E-state index is -0.591. The Morgan fingerprint density at radius 1 is 1.33 bits per heavy atom. The van der Waals surface area contributed by atoms with Gasteiger partial charge in [-0.3, -0.25) is 0 Å². The molecule has 1 aromatic heterocycles. The van der Waals surface area contributed by atoms with Gasteiger partial charge in [0.1, 0.15) is 16.6 Å². The number of benzene rings is 1. The van der Waals surface area contributed by atoms with Gasteiger partial charge in [0, 0.05) is 17.0 Å². The van der Waals surface area contributed by atoms with Gasteiger partial charge in [0.25, 0.3) is 0 Å². The summed E-state index contributed by atoms with van der Waals surface area (Å²) in [5.74, 6) is -0.657. The second-order valence-electron chi connectivity index (χ2n) is 4.56. The topological polar surface area (TPSA) is 38.9 Å². The molecule has 1 fully saturated rings. The van der Waals surface area contributed by atoms with Crippen molar-refractivity contribution in [2.45, 2.75) is 18.9 Å². The first-order chi connectivity index (χ1) is 8.65. The Kier molecular flexibility index (Phi) is 2.87. The summed E-state index contributed by atoms with van der Waals surface area (Å²) in [6, 6.07) is 3.46. The van der Waals surface area contributed by atoms with Crippen molar-refractivity contribution in [3.8, 4) is 11.3 Å². The van der Waals surface area contributed by atoms with E-state index in [0.717, 1.165) is 23.9 Å². The molecule has 1 saturated carbocycles. The molecule has 1 heterocycles. The van der Waals surface area contributed by atoms with Gasteiger partial charge < -0.3 is 5.73 Å². The van der Waals surface area contributed by atoms with Crippen molar-refractivity contribution < 1.29 is 8.78 Å². The largest absolute Gasteiger partial charge is 0.322 e. The number of hydrogen-bond acceptors (Lipinski definition) is 3. The summed E-state index contributed by atoms with van der Waals surface area (Å²) in [6.45, 7) is 0. The molecule has 0 saturated heterocycles. The van der Waals surface area contributed by atoms with Crippen LogP contribution in [0.2, 0.25) is 0 Å². The summed E-state index contributed by atoms with van der Waals surface area (Å²) in [5, 5.41) is 2.60. The average molecular weight is 266 g/mol. The van der Waals surface area contributed by atoms with E-state index in [1.165, 1.54) is 23.5 Å². The second kappa shape index (κ2) is 4.40. The van der Waals surface area contributed by atoms with Gasteiger partial charge in [-0.05, 0) is 30.9 Å². The minimum absolute atomic E-state index is 0.0488. The molecule has 2 nitrogen and oxygen atoms in total. The van der Waals surface area contributed by atoms with E-state index in [4.69, 9.17) is 5.73 Å². The molecule has 0 bridgehead atoms. The van der Waals surface area contributed by atoms with Gasteiger partial charge >= 0.3 is 0 Å². The molecule has 94 valence electrons. The van der Waals surface area contributed by atoms with Crippen LogP contribution in [-0.2, 0) is 0 Å². The number of thiazole rings is 1. The molecule has 5 heteroatoms. The lowest BCUT2D eigenvalue weighted by Crippen LogP contribution is -2.11. The quantitative estimate of drug-likeness (QED) is 0.923. The van der Waals surface area contributed by atoms with Crippen molar-refractivity contribution in [2.24, 2.45) is 11.7 Å². The van der Waals surface area contributed by atoms with Crippen molar-refractivity contribution in [2.75, 3.05) is 0 Å². The van der Waals surface area contributed by atoms with Gasteiger partial charge in [-0.25, -0.2) is 13.8 Å². The molecule has 1 aliphatic rings. The highest BCUT2D eigenvalue weighted by Crippen LogP contribution is 2.41. The van der Waals surface area contributed by atoms with Crippen LogP contribution in [0.1, 0.15) is 23.9 Å². The molecule has 0 radical (unpaired) electrons. The number of nitrogens with zero attached hydrogens (tertiary/aromatic N) is 1. The lowest BCUT2D eigenvalue weighted by Gasteiger charge is -2.05. The van der Waals surface area contributed by atoms with E-state index in [-0.39, 0.29) is 6.04 Å². The SMILES string of the molecule is NC(c1nc(-c2ccc(F)cc2F)cs1)C1CC1. The summed E-state index contributed by atoms with van der Waals surface area (Å²) in [7, 11) is 0. The van der Waals surface area contributed by atoms with Crippen molar-refractivity contribution in [3.05, 3.63) is 40.2 Å². The van der Waals surface area contributed by atoms with Crippen LogP contribution in [-0.4, -0.2) is 4.98 Å². The monoisotopic (exact) mass is 266 g/mol. The Balaban J connectivity index is 1.92. The minimum Gasteiger partial charge on any atom is -0.322 e. The standard InChI is InChI=1S/C13H12F2N2S/c14-8-3-4-9(10(15)5-8)11-6-18-13(17-11)12(16)7-1-2-7/h3-7,12H,1-2,16H2. The summed E-state index contributed by atoms with van der Waals surface area (Å²) in [5.41, 5.74) is 6.90. The van der Waals surface area contributed by atoms with Gasteiger partial charge in [0.2, 0.25) is 0 Å². The van der Waals surface area contributed by atoms with Crippen LogP contribution in [0, 0.1) is 17.6 Å². The Morgan fingerprint density at radius 2 is 2.11 bits per heavy atom. The van der Waals surface area contributed by atoms with Crippen LogP contribution in [0.15, 0.2) is 23.6 Å². The van der Waals surface area contributed by atoms with Gasteiger partial charge in [-0.1, -0.05) is 0 Å². The summed E-state index contributed by atoms with van der Waals surface area (Å²) in [4.78, 5) is 4.36. The Bertz CT molecular complexity index is 578. The second-order valence-corrected chi connectivity index (χ2v) is 5.45. The van der Waals surface area contributed by atoms with Crippen LogP contribution in [0.25, 0.3) is 11.3 Å². The lowest BCUT2D eigenvalue weighted by molar-refractivity contribution is 0.585. The Hall–Kier alpha value is -1.33. The van der Waals surface area contributed by atoms with E-state index in [2.05, 4.69) is 4.98 Å². The van der Waals surface area contributed by atoms with E-state index in [0.29, 0.717) is 17.2 Å². The molecule has 1 unspecified atom stereocenters. The molecule has 3 rings (SSSR count). The molecule has 2 aromatic rings. The molecular weight excluding hydrogens is 254 g/mol. The van der Waals surface area contributed by atoms with Crippen molar-refractivity contribution >= 4 is 11.3 Å². The number of halogens is 2. The third-order valence-electron chi connectivity index (χ3n) is 3.14. The van der Waals surface area contributed by atoms with Gasteiger partial charge in [-0.15, -0.1) is 11.3 Å². The Morgan fingerprint density at radius 3 is 2.78 bits per heavy atom. The maximum atomic E-state index is 13.6. The number of aromatic nitrogens is 1. The maximum absolute atomic E-state index is 13.6. The van der Waals surface area contributed by atoms with Gasteiger partial charge in [0.15, 0.2) is 0 Å². The molecule has 0 aliphatic heterocycles. The molecule has 0 spiro atoms. The van der Waals surface area contributed by atoms with Crippen molar-refractivity contribution in [1.82, 2.24) is 4.98 Å². The van der Waals surface area contributed by atoms with Gasteiger partial charge in [0.05, 0.1) is 11.7 Å². The number of hydrogen-bond donors (Lipinski definition) is 1. The normalized spacial score (nSPS) is 16.8. The molecule has 2 N–H and O–H groups in total. The Labute approximate surface area is 107 Å². The first-order valence-electron chi connectivity index (χ1n) is 5.81. The molecule has 1 aromatic carbocycles. The number of nitrogens with two attached hydrogens (primary N) is 1. The highest BCUT2D eigenvalue weighted by molar-refractivity contribution is 7.10. The van der Waals surface area contributed by atoms with Crippen LogP contribution in [0.4, 0.5) is 8.78 Å². The first-order valence-corrected chi connectivity index (χ1v) is 6.69. The summed E-state index contributed by atoms with van der Waals surface area (Å²) < 4.78 is 26.4. The highest BCUT2D eigenvalue weighted by atomic mass is 32.1. The van der Waals surface area contributed by atoms with E-state index < -0.39 is 11.6 Å². The number of rotatable bonds is 3. The first kappa shape index (κ1) is 11.7. The average Bonchev–Trinajstić information content (AvgIpc) is 3.07. The zero-order valence-corrected chi connectivity index (χ0v) is 10.4. The summed E-state index contributed by atoms with van der Waals surface area (Å²) >= 11 is 1.44. The predicted molar refractivity (Wildman–Crippen MR) is 67.1 cm³/mol. The zero-order chi connectivity index (χ0) is 12.7. The van der Waals surface area contributed by atoms with Crippen molar-refractivity contribution in [3.63, 3.8) is 0 Å². The summed E-state index contributed by atoms with van der Waals surface area (Å²) in [6.07, 6.45) is 2.28. The van der Waals surface area contributed by atoms with E-state index in [9.17, 15) is 8.78 Å². The molecule has 0 amide bonds. The van der Waals surface area contributed by atoms with E-state index in [1.807, 2.05) is 0 Å². The van der Waals surface area contributed by atoms with Gasteiger partial charge in [-0.2, -0.15) is 0 Å². The van der Waals surface area contributed by atoms with Crippen LogP contribution in [0.5, 0.6) is 0 Å². The fraction of sp³-hybridized carbons (Fsp3) is 0.308. The van der Waals surface area contributed by atoms with E-state index in [1.54, 1.807) is 5.38 Å². The molecule has 18 heavy (non-hydrogen) atoms. The van der Waals surface area contributed by atoms with Crippen LogP contribution < -0.4 is 5.73 Å². The molecule has 1 aliphatic carbocycles. The lowest BCUT2D eigenvalue weighted by atomic mass is 10.1. The highest BCUT2D eigenvalue weighted by Gasteiger charge is 2.31. The van der Waals surface area contributed by atoms with Crippen LogP contribution in [0.3, 0.4) is 0 Å². The van der Waals surface area contributed by atoms with Crippen LogP contribution >= 0.6 is 11.3 Å². The smallest absolute Gasteiger partial charge is 0.135 e. The van der Waals surface area contributed by atoms with Crippen molar-refractivity contribution in [1.29, 1.82) is 0 Å². The molecular formula is C13H12F2N2S. The maximum Gasteiger partial charge on any atom is 0.135 e. The third-order valence-corrected chi connectivity index (χ3v) is 4.09. The fourth-order valence-corrected chi connectivity index (χ4v) is 2.83.